The summed E-state index contributed by atoms with van der Waals surface area (Å²) < 4.78 is 0. The molecule has 0 aliphatic carbocycles. The molecular weight excluding hydrogens is 376 g/mol. The van der Waals surface area contributed by atoms with E-state index in [1.54, 1.807) is 12.5 Å². The van der Waals surface area contributed by atoms with E-state index < -0.39 is 0 Å². The Morgan fingerprint density at radius 1 is 1.20 bits per heavy atom. The molecule has 0 saturated carbocycles. The Morgan fingerprint density at radius 2 is 2.17 bits per heavy atom. The summed E-state index contributed by atoms with van der Waals surface area (Å²) in [6.07, 6.45) is 9.84. The van der Waals surface area contributed by atoms with Crippen molar-refractivity contribution in [3.05, 3.63) is 55.2 Å². The molecule has 0 amide bonds. The Bertz CT molecular complexity index is 1180. The number of anilines is 2. The van der Waals surface area contributed by atoms with Gasteiger partial charge in [0.2, 0.25) is 0 Å². The monoisotopic (exact) mass is 400 g/mol. The van der Waals surface area contributed by atoms with Crippen molar-refractivity contribution in [3.8, 4) is 0 Å². The number of benzene rings is 1. The first-order chi connectivity index (χ1) is 14.8. The minimum absolute atomic E-state index is 0.238. The third kappa shape index (κ3) is 3.70. The van der Waals surface area contributed by atoms with Crippen LogP contribution in [0.3, 0.4) is 0 Å². The molecule has 1 fully saturated rings. The first-order valence-electron chi connectivity index (χ1n) is 10.4. The average Bonchev–Trinajstić information content (AvgIpc) is 3.27. The summed E-state index contributed by atoms with van der Waals surface area (Å²) in [5.41, 5.74) is 1.83. The maximum atomic E-state index is 12.7. The van der Waals surface area contributed by atoms with Crippen molar-refractivity contribution in [1.82, 2.24) is 19.9 Å². The molecule has 1 aliphatic rings. The number of ketones is 1. The minimum atomic E-state index is 0.238. The van der Waals surface area contributed by atoms with Crippen LogP contribution in [0.2, 0.25) is 0 Å². The van der Waals surface area contributed by atoms with Gasteiger partial charge in [0.05, 0.1) is 11.9 Å². The van der Waals surface area contributed by atoms with Gasteiger partial charge in [-0.15, -0.1) is 0 Å². The Hall–Kier alpha value is -3.48. The average molecular weight is 400 g/mol. The van der Waals surface area contributed by atoms with Gasteiger partial charge in [-0.1, -0.05) is 12.1 Å². The molecule has 3 aromatic heterocycles. The fourth-order valence-corrected chi connectivity index (χ4v) is 4.40. The highest BCUT2D eigenvalue weighted by Gasteiger charge is 2.24. The fraction of sp³-hybridized carbons (Fsp3) is 0.304. The summed E-state index contributed by atoms with van der Waals surface area (Å²) in [4.78, 5) is 31.1. The van der Waals surface area contributed by atoms with Crippen LogP contribution in [-0.2, 0) is 4.79 Å². The Balaban J connectivity index is 1.22. The van der Waals surface area contributed by atoms with E-state index in [9.17, 15) is 4.79 Å². The summed E-state index contributed by atoms with van der Waals surface area (Å²) in [6, 6.07) is 10.0. The molecule has 7 heteroatoms. The van der Waals surface area contributed by atoms with Crippen LogP contribution in [0.1, 0.15) is 19.3 Å². The van der Waals surface area contributed by atoms with Crippen LogP contribution in [0.5, 0.6) is 0 Å². The largest absolute Gasteiger partial charge is 0.377 e. The molecule has 2 N–H and O–H groups in total. The molecule has 0 spiro atoms. The third-order valence-electron chi connectivity index (χ3n) is 5.82. The Kier molecular flexibility index (Phi) is 5.01. The molecule has 1 atom stereocenters. The molecule has 0 bridgehead atoms. The lowest BCUT2D eigenvalue weighted by atomic mass is 9.92. The number of hydrogen-bond acceptors (Lipinski definition) is 6. The van der Waals surface area contributed by atoms with Crippen LogP contribution < -0.4 is 10.2 Å². The van der Waals surface area contributed by atoms with Gasteiger partial charge in [0.1, 0.15) is 17.8 Å². The van der Waals surface area contributed by atoms with Gasteiger partial charge in [-0.05, 0) is 37.0 Å². The van der Waals surface area contributed by atoms with Crippen LogP contribution in [0.4, 0.5) is 11.5 Å². The lowest BCUT2D eigenvalue weighted by Crippen LogP contribution is -2.37. The number of nitrogens with one attached hydrogen (secondary N) is 2. The van der Waals surface area contributed by atoms with Crippen LogP contribution in [-0.4, -0.2) is 45.4 Å². The zero-order valence-corrected chi connectivity index (χ0v) is 16.7. The molecule has 4 heterocycles. The number of aromatic nitrogens is 4. The van der Waals surface area contributed by atoms with E-state index in [1.807, 2.05) is 42.7 Å². The number of carbonyl (C=O) groups is 1. The standard InChI is InChI=1S/C23H24N6O/c30-18(13-26-21-5-1-4-17-12-24-8-6-19(17)21)11-16-3-2-10-29(14-16)23-20-7-9-25-22(20)27-15-28-23/h1,4-9,12,15-16,26H,2-3,10-11,13-14H2,(H,25,27,28). The van der Waals surface area contributed by atoms with Gasteiger partial charge in [0, 0.05) is 54.6 Å². The van der Waals surface area contributed by atoms with Crippen LogP contribution in [0.25, 0.3) is 21.8 Å². The molecule has 5 rings (SSSR count). The van der Waals surface area contributed by atoms with Gasteiger partial charge in [-0.25, -0.2) is 9.97 Å². The van der Waals surface area contributed by atoms with E-state index in [1.165, 1.54) is 0 Å². The maximum absolute atomic E-state index is 12.7. The van der Waals surface area contributed by atoms with Crippen molar-refractivity contribution in [3.63, 3.8) is 0 Å². The Labute approximate surface area is 174 Å². The zero-order chi connectivity index (χ0) is 20.3. The number of nitrogens with zero attached hydrogens (tertiary/aromatic N) is 4. The van der Waals surface area contributed by atoms with Gasteiger partial charge in [-0.2, -0.15) is 0 Å². The van der Waals surface area contributed by atoms with E-state index in [2.05, 4.69) is 30.2 Å². The Morgan fingerprint density at radius 3 is 3.13 bits per heavy atom. The second kappa shape index (κ2) is 8.10. The molecule has 1 unspecified atom stereocenters. The summed E-state index contributed by atoms with van der Waals surface area (Å²) >= 11 is 0. The number of hydrogen-bond donors (Lipinski definition) is 2. The maximum Gasteiger partial charge on any atom is 0.152 e. The number of piperidine rings is 1. The summed E-state index contributed by atoms with van der Waals surface area (Å²) in [5.74, 6) is 1.54. The molecule has 4 aromatic rings. The van der Waals surface area contributed by atoms with E-state index in [4.69, 9.17) is 0 Å². The van der Waals surface area contributed by atoms with Crippen molar-refractivity contribution in [1.29, 1.82) is 0 Å². The number of H-pyrrole nitrogens is 1. The molecular formula is C23H24N6O. The van der Waals surface area contributed by atoms with Crippen molar-refractivity contribution in [2.45, 2.75) is 19.3 Å². The predicted octanol–water partition coefficient (Wildman–Crippen LogP) is 3.79. The van der Waals surface area contributed by atoms with E-state index >= 15 is 0 Å². The highest BCUT2D eigenvalue weighted by atomic mass is 16.1. The lowest BCUT2D eigenvalue weighted by Gasteiger charge is -2.33. The normalized spacial score (nSPS) is 16.8. The lowest BCUT2D eigenvalue weighted by molar-refractivity contribution is -0.118. The number of carbonyl (C=O) groups excluding carboxylic acids is 1. The third-order valence-corrected chi connectivity index (χ3v) is 5.82. The quantitative estimate of drug-likeness (QED) is 0.512. The number of rotatable bonds is 6. The van der Waals surface area contributed by atoms with Crippen LogP contribution in [0.15, 0.2) is 55.2 Å². The minimum Gasteiger partial charge on any atom is -0.377 e. The zero-order valence-electron chi connectivity index (χ0n) is 16.7. The van der Waals surface area contributed by atoms with Crippen molar-refractivity contribution < 1.29 is 4.79 Å². The number of pyridine rings is 1. The highest BCUT2D eigenvalue weighted by molar-refractivity contribution is 5.95. The van der Waals surface area contributed by atoms with Gasteiger partial charge in [-0.3, -0.25) is 9.78 Å². The second-order valence-electron chi connectivity index (χ2n) is 7.89. The van der Waals surface area contributed by atoms with Crippen LogP contribution in [0, 0.1) is 5.92 Å². The fourth-order valence-electron chi connectivity index (χ4n) is 4.40. The van der Waals surface area contributed by atoms with Gasteiger partial charge < -0.3 is 15.2 Å². The first kappa shape index (κ1) is 18.5. The highest BCUT2D eigenvalue weighted by Crippen LogP contribution is 2.28. The van der Waals surface area contributed by atoms with Crippen LogP contribution >= 0.6 is 0 Å². The van der Waals surface area contributed by atoms with Gasteiger partial charge in [0.25, 0.3) is 0 Å². The summed E-state index contributed by atoms with van der Waals surface area (Å²) in [5, 5.41) is 6.52. The van der Waals surface area contributed by atoms with E-state index in [0.717, 1.165) is 59.2 Å². The molecule has 152 valence electrons. The van der Waals surface area contributed by atoms with Crippen molar-refractivity contribution in [2.24, 2.45) is 5.92 Å². The van der Waals surface area contributed by atoms with Gasteiger partial charge in [0.15, 0.2) is 5.78 Å². The summed E-state index contributed by atoms with van der Waals surface area (Å²) in [7, 11) is 0. The molecule has 30 heavy (non-hydrogen) atoms. The number of aromatic amines is 1. The SMILES string of the molecule is O=C(CNc1cccc2cnccc12)CC1CCCN(c2ncnc3[nH]ccc23)C1. The molecule has 1 saturated heterocycles. The van der Waals surface area contributed by atoms with Gasteiger partial charge >= 0.3 is 0 Å². The molecule has 1 aliphatic heterocycles. The topological polar surface area (TPSA) is 86.8 Å². The van der Waals surface area contributed by atoms with Crippen molar-refractivity contribution in [2.75, 3.05) is 29.9 Å². The number of Topliss-reactive ketones (excluding diaryl/α,β-unsaturated/α-hetero) is 1. The van der Waals surface area contributed by atoms with Crippen molar-refractivity contribution >= 4 is 39.1 Å². The first-order valence-corrected chi connectivity index (χ1v) is 10.4. The summed E-state index contributed by atoms with van der Waals surface area (Å²) in [6.45, 7) is 2.15. The smallest absolute Gasteiger partial charge is 0.152 e. The molecule has 7 nitrogen and oxygen atoms in total. The predicted molar refractivity (Wildman–Crippen MR) is 119 cm³/mol. The number of fused-ring (bicyclic) bond motifs is 2. The van der Waals surface area contributed by atoms with E-state index in [-0.39, 0.29) is 5.78 Å². The molecule has 1 aromatic carbocycles. The molecule has 0 radical (unpaired) electrons. The second-order valence-corrected chi connectivity index (χ2v) is 7.89. The van der Waals surface area contributed by atoms with E-state index in [0.29, 0.717) is 18.9 Å².